The second-order valence-corrected chi connectivity index (χ2v) is 5.53. The average molecular weight is 274 g/mol. The van der Waals surface area contributed by atoms with Crippen LogP contribution < -0.4 is 4.74 Å². The molecular weight excluding hydrogens is 252 g/mol. The zero-order valence-electron chi connectivity index (χ0n) is 11.9. The molecule has 1 aliphatic heterocycles. The molecule has 1 saturated heterocycles. The predicted molar refractivity (Wildman–Crippen MR) is 80.1 cm³/mol. The van der Waals surface area contributed by atoms with Gasteiger partial charge in [-0.25, -0.2) is 0 Å². The molecule has 0 unspecified atom stereocenters. The molecule has 1 aliphatic rings. The van der Waals surface area contributed by atoms with Crippen molar-refractivity contribution in [3.05, 3.63) is 30.0 Å². The minimum absolute atomic E-state index is 0.450. The molecule has 0 amide bonds. The molecule has 2 aromatic rings. The summed E-state index contributed by atoms with van der Waals surface area (Å²) in [5.74, 6) is 0.823. The Morgan fingerprint density at radius 1 is 1.30 bits per heavy atom. The van der Waals surface area contributed by atoms with E-state index in [-0.39, 0.29) is 0 Å². The lowest BCUT2D eigenvalue weighted by molar-refractivity contribution is 0.102. The van der Waals surface area contributed by atoms with Crippen LogP contribution in [0.2, 0.25) is 0 Å². The molecule has 0 radical (unpaired) electrons. The second kappa shape index (κ2) is 5.85. The van der Waals surface area contributed by atoms with Gasteiger partial charge in [0.1, 0.15) is 5.75 Å². The first-order valence-electron chi connectivity index (χ1n) is 7.33. The Bertz CT molecular complexity index is 573. The van der Waals surface area contributed by atoms with Gasteiger partial charge >= 0.3 is 0 Å². The van der Waals surface area contributed by atoms with E-state index in [1.807, 2.05) is 24.4 Å². The van der Waals surface area contributed by atoms with E-state index in [1.165, 1.54) is 19.3 Å². The Labute approximate surface area is 119 Å². The minimum atomic E-state index is -0.450. The number of piperidine rings is 1. The van der Waals surface area contributed by atoms with Gasteiger partial charge in [0.25, 0.3) is 0 Å². The third-order valence-corrected chi connectivity index (χ3v) is 4.16. The van der Waals surface area contributed by atoms with E-state index in [4.69, 9.17) is 4.74 Å². The first-order valence-corrected chi connectivity index (χ1v) is 7.33. The molecule has 1 fully saturated rings. The predicted octanol–water partition coefficient (Wildman–Crippen LogP) is 2.70. The van der Waals surface area contributed by atoms with E-state index in [0.29, 0.717) is 6.54 Å². The van der Waals surface area contributed by atoms with Gasteiger partial charge in [-0.3, -0.25) is 0 Å². The third-order valence-electron chi connectivity index (χ3n) is 4.16. The number of likely N-dealkylation sites (tertiary alicyclic amines) is 1. The largest absolute Gasteiger partial charge is 0.497 e. The number of benzene rings is 1. The fourth-order valence-corrected chi connectivity index (χ4v) is 3.01. The summed E-state index contributed by atoms with van der Waals surface area (Å²) >= 11 is 0. The van der Waals surface area contributed by atoms with Crippen LogP contribution in [0.5, 0.6) is 5.75 Å². The van der Waals surface area contributed by atoms with Crippen LogP contribution in [0.4, 0.5) is 0 Å². The van der Waals surface area contributed by atoms with Crippen molar-refractivity contribution in [2.24, 2.45) is 0 Å². The number of fused-ring (bicyclic) bond motifs is 1. The SMILES string of the molecule is COc1ccc2[nH]cc([C@@H](O)CN3CCCCC3)c2c1. The molecule has 1 atom stereocenters. The maximum atomic E-state index is 10.5. The van der Waals surface area contributed by atoms with Crippen LogP contribution >= 0.6 is 0 Å². The van der Waals surface area contributed by atoms with Gasteiger partial charge in [0.05, 0.1) is 13.2 Å². The fourth-order valence-electron chi connectivity index (χ4n) is 3.01. The summed E-state index contributed by atoms with van der Waals surface area (Å²) < 4.78 is 5.27. The van der Waals surface area contributed by atoms with E-state index in [9.17, 15) is 5.11 Å². The number of methoxy groups -OCH3 is 1. The summed E-state index contributed by atoms with van der Waals surface area (Å²) in [6.45, 7) is 2.91. The normalized spacial score (nSPS) is 18.3. The molecule has 0 bridgehead atoms. The highest BCUT2D eigenvalue weighted by Crippen LogP contribution is 2.28. The lowest BCUT2D eigenvalue weighted by atomic mass is 10.1. The summed E-state index contributed by atoms with van der Waals surface area (Å²) in [5, 5.41) is 11.6. The number of rotatable bonds is 4. The Kier molecular flexibility index (Phi) is 3.94. The molecule has 2 N–H and O–H groups in total. The lowest BCUT2D eigenvalue weighted by Crippen LogP contribution is -2.33. The third kappa shape index (κ3) is 2.67. The van der Waals surface area contributed by atoms with Gasteiger partial charge in [-0.05, 0) is 44.1 Å². The van der Waals surface area contributed by atoms with Crippen LogP contribution in [-0.4, -0.2) is 41.7 Å². The molecule has 108 valence electrons. The standard InChI is InChI=1S/C16H22N2O2/c1-20-12-5-6-15-13(9-12)14(10-17-15)16(19)11-18-7-3-2-4-8-18/h5-6,9-10,16-17,19H,2-4,7-8,11H2,1H3/t16-/m0/s1. The Morgan fingerprint density at radius 3 is 2.85 bits per heavy atom. The number of aliphatic hydroxyl groups excluding tert-OH is 1. The topological polar surface area (TPSA) is 48.5 Å². The van der Waals surface area contributed by atoms with Gasteiger partial charge in [0, 0.05) is 29.2 Å². The van der Waals surface area contributed by atoms with Crippen LogP contribution in [0.15, 0.2) is 24.4 Å². The van der Waals surface area contributed by atoms with Crippen LogP contribution in [0.25, 0.3) is 10.9 Å². The number of H-pyrrole nitrogens is 1. The molecule has 20 heavy (non-hydrogen) atoms. The molecule has 2 heterocycles. The molecule has 1 aromatic carbocycles. The van der Waals surface area contributed by atoms with Gasteiger partial charge in [-0.15, -0.1) is 0 Å². The van der Waals surface area contributed by atoms with E-state index in [0.717, 1.165) is 35.3 Å². The molecule has 4 heteroatoms. The number of β-amino-alcohol motifs (C(OH)–C–C–N with tert-alkyl or cyclic N) is 1. The summed E-state index contributed by atoms with van der Waals surface area (Å²) in [6, 6.07) is 5.91. The second-order valence-electron chi connectivity index (χ2n) is 5.53. The quantitative estimate of drug-likeness (QED) is 0.901. The first-order chi connectivity index (χ1) is 9.78. The summed E-state index contributed by atoms with van der Waals surface area (Å²) in [5.41, 5.74) is 2.00. The Hall–Kier alpha value is -1.52. The molecule has 0 aliphatic carbocycles. The monoisotopic (exact) mass is 274 g/mol. The number of aliphatic hydroxyl groups is 1. The highest BCUT2D eigenvalue weighted by molar-refractivity contribution is 5.85. The minimum Gasteiger partial charge on any atom is -0.497 e. The highest BCUT2D eigenvalue weighted by atomic mass is 16.5. The van der Waals surface area contributed by atoms with Crippen molar-refractivity contribution in [3.63, 3.8) is 0 Å². The van der Waals surface area contributed by atoms with Gasteiger partial charge in [0.2, 0.25) is 0 Å². The highest BCUT2D eigenvalue weighted by Gasteiger charge is 2.18. The Balaban J connectivity index is 1.81. The molecule has 1 aromatic heterocycles. The van der Waals surface area contributed by atoms with Gasteiger partial charge in [-0.1, -0.05) is 6.42 Å². The maximum Gasteiger partial charge on any atom is 0.119 e. The molecular formula is C16H22N2O2. The first kappa shape index (κ1) is 13.5. The van der Waals surface area contributed by atoms with Crippen LogP contribution in [0, 0.1) is 0 Å². The van der Waals surface area contributed by atoms with Crippen molar-refractivity contribution in [1.29, 1.82) is 0 Å². The van der Waals surface area contributed by atoms with Crippen LogP contribution in [0.1, 0.15) is 30.9 Å². The van der Waals surface area contributed by atoms with Crippen molar-refractivity contribution in [1.82, 2.24) is 9.88 Å². The number of nitrogens with zero attached hydrogens (tertiary/aromatic N) is 1. The zero-order chi connectivity index (χ0) is 13.9. The molecule has 0 saturated carbocycles. The fraction of sp³-hybridized carbons (Fsp3) is 0.500. The lowest BCUT2D eigenvalue weighted by Gasteiger charge is -2.28. The van der Waals surface area contributed by atoms with Crippen molar-refractivity contribution in [2.75, 3.05) is 26.7 Å². The molecule has 3 rings (SSSR count). The van der Waals surface area contributed by atoms with E-state index < -0.39 is 6.10 Å². The summed E-state index contributed by atoms with van der Waals surface area (Å²) in [6.07, 6.45) is 5.27. The number of nitrogens with one attached hydrogen (secondary N) is 1. The number of aromatic amines is 1. The van der Waals surface area contributed by atoms with E-state index in [2.05, 4.69) is 9.88 Å². The van der Waals surface area contributed by atoms with Crippen LogP contribution in [0.3, 0.4) is 0 Å². The van der Waals surface area contributed by atoms with E-state index >= 15 is 0 Å². The summed E-state index contributed by atoms with van der Waals surface area (Å²) in [7, 11) is 1.66. The average Bonchev–Trinajstić information content (AvgIpc) is 2.91. The van der Waals surface area contributed by atoms with E-state index in [1.54, 1.807) is 7.11 Å². The maximum absolute atomic E-state index is 10.5. The Morgan fingerprint density at radius 2 is 2.10 bits per heavy atom. The van der Waals surface area contributed by atoms with Crippen molar-refractivity contribution in [3.8, 4) is 5.75 Å². The van der Waals surface area contributed by atoms with Crippen LogP contribution in [-0.2, 0) is 0 Å². The van der Waals surface area contributed by atoms with Crippen molar-refractivity contribution in [2.45, 2.75) is 25.4 Å². The van der Waals surface area contributed by atoms with Gasteiger partial charge in [-0.2, -0.15) is 0 Å². The van der Waals surface area contributed by atoms with Crippen molar-refractivity contribution < 1.29 is 9.84 Å². The van der Waals surface area contributed by atoms with Gasteiger partial charge < -0.3 is 19.7 Å². The smallest absolute Gasteiger partial charge is 0.119 e. The van der Waals surface area contributed by atoms with Gasteiger partial charge in [0.15, 0.2) is 0 Å². The molecule has 0 spiro atoms. The zero-order valence-corrected chi connectivity index (χ0v) is 11.9. The number of ether oxygens (including phenoxy) is 1. The number of hydrogen-bond acceptors (Lipinski definition) is 3. The number of hydrogen-bond donors (Lipinski definition) is 2. The number of aromatic nitrogens is 1. The molecule has 4 nitrogen and oxygen atoms in total. The van der Waals surface area contributed by atoms with Crippen molar-refractivity contribution >= 4 is 10.9 Å². The summed E-state index contributed by atoms with van der Waals surface area (Å²) in [4.78, 5) is 5.58.